The van der Waals surface area contributed by atoms with E-state index in [0.29, 0.717) is 6.04 Å². The summed E-state index contributed by atoms with van der Waals surface area (Å²) in [4.78, 5) is 2.43. The molecule has 1 fully saturated rings. The zero-order valence-corrected chi connectivity index (χ0v) is 10.1. The van der Waals surface area contributed by atoms with Crippen LogP contribution in [0.25, 0.3) is 0 Å². The molecule has 1 aliphatic rings. The number of rotatable bonds is 3. The number of likely N-dealkylation sites (N-methyl/N-ethyl adjacent to an activating group) is 1. The molecule has 0 amide bonds. The van der Waals surface area contributed by atoms with Gasteiger partial charge in [-0.05, 0) is 38.4 Å². The average molecular weight is 218 g/mol. The van der Waals surface area contributed by atoms with Crippen LogP contribution >= 0.6 is 0 Å². The van der Waals surface area contributed by atoms with Crippen molar-refractivity contribution in [1.29, 1.82) is 0 Å². The molecule has 0 bridgehead atoms. The van der Waals surface area contributed by atoms with Gasteiger partial charge in [0.2, 0.25) is 0 Å². The van der Waals surface area contributed by atoms with Crippen molar-refractivity contribution in [3.8, 4) is 0 Å². The van der Waals surface area contributed by atoms with E-state index in [-0.39, 0.29) is 6.04 Å². The van der Waals surface area contributed by atoms with Gasteiger partial charge in [0, 0.05) is 12.1 Å². The summed E-state index contributed by atoms with van der Waals surface area (Å²) in [5.41, 5.74) is 7.68. The first-order valence-corrected chi connectivity index (χ1v) is 6.27. The third-order valence-electron chi connectivity index (χ3n) is 3.64. The number of hydrogen-bond donors (Lipinski definition) is 1. The summed E-state index contributed by atoms with van der Waals surface area (Å²) in [6, 6.07) is 11.4. The van der Waals surface area contributed by atoms with Gasteiger partial charge in [-0.2, -0.15) is 0 Å². The molecule has 0 aliphatic carbocycles. The van der Waals surface area contributed by atoms with E-state index < -0.39 is 0 Å². The summed E-state index contributed by atoms with van der Waals surface area (Å²) < 4.78 is 0. The standard InChI is InChI=1S/C14H22N2/c1-16-10-6-5-9-14(16)13(15)11-12-7-3-2-4-8-12/h2-4,7-8,13-14H,5-6,9-11,15H2,1H3. The van der Waals surface area contributed by atoms with Crippen molar-refractivity contribution >= 4 is 0 Å². The maximum Gasteiger partial charge on any atom is 0.0247 e. The molecule has 0 spiro atoms. The Morgan fingerprint density at radius 1 is 1.31 bits per heavy atom. The molecule has 1 aliphatic heterocycles. The Morgan fingerprint density at radius 2 is 2.06 bits per heavy atom. The van der Waals surface area contributed by atoms with Crippen LogP contribution in [0, 0.1) is 0 Å². The maximum atomic E-state index is 6.33. The van der Waals surface area contributed by atoms with Gasteiger partial charge in [-0.25, -0.2) is 0 Å². The normalized spacial score (nSPS) is 24.2. The largest absolute Gasteiger partial charge is 0.326 e. The molecule has 2 atom stereocenters. The predicted octanol–water partition coefficient (Wildman–Crippen LogP) is 2.04. The Kier molecular flexibility index (Phi) is 3.97. The molecule has 0 saturated carbocycles. The lowest BCUT2D eigenvalue weighted by atomic mass is 9.92. The van der Waals surface area contributed by atoms with Crippen molar-refractivity contribution in [2.45, 2.75) is 37.8 Å². The first kappa shape index (κ1) is 11.6. The summed E-state index contributed by atoms with van der Waals surface area (Å²) >= 11 is 0. The second-order valence-electron chi connectivity index (χ2n) is 4.90. The third kappa shape index (κ3) is 2.83. The molecule has 2 N–H and O–H groups in total. The Hall–Kier alpha value is -0.860. The van der Waals surface area contributed by atoms with E-state index in [2.05, 4.69) is 42.3 Å². The highest BCUT2D eigenvalue weighted by atomic mass is 15.1. The number of hydrogen-bond acceptors (Lipinski definition) is 2. The molecule has 2 nitrogen and oxygen atoms in total. The van der Waals surface area contributed by atoms with Crippen LogP contribution in [0.4, 0.5) is 0 Å². The second kappa shape index (κ2) is 5.46. The predicted molar refractivity (Wildman–Crippen MR) is 68.4 cm³/mol. The van der Waals surface area contributed by atoms with Crippen molar-refractivity contribution in [2.75, 3.05) is 13.6 Å². The van der Waals surface area contributed by atoms with Crippen molar-refractivity contribution in [3.05, 3.63) is 35.9 Å². The van der Waals surface area contributed by atoms with Crippen LogP contribution in [0.3, 0.4) is 0 Å². The van der Waals surface area contributed by atoms with E-state index in [1.54, 1.807) is 0 Å². The Balaban J connectivity index is 1.94. The number of piperidine rings is 1. The molecule has 1 aromatic rings. The van der Waals surface area contributed by atoms with Crippen LogP contribution in [0.2, 0.25) is 0 Å². The van der Waals surface area contributed by atoms with Crippen LogP contribution in [-0.2, 0) is 6.42 Å². The molecular formula is C14H22N2. The van der Waals surface area contributed by atoms with Gasteiger partial charge in [-0.3, -0.25) is 0 Å². The molecule has 2 rings (SSSR count). The van der Waals surface area contributed by atoms with Crippen LogP contribution in [0.1, 0.15) is 24.8 Å². The highest BCUT2D eigenvalue weighted by Gasteiger charge is 2.24. The second-order valence-corrected chi connectivity index (χ2v) is 4.90. The van der Waals surface area contributed by atoms with Gasteiger partial charge in [0.15, 0.2) is 0 Å². The first-order chi connectivity index (χ1) is 7.77. The van der Waals surface area contributed by atoms with Gasteiger partial charge in [-0.15, -0.1) is 0 Å². The van der Waals surface area contributed by atoms with Gasteiger partial charge >= 0.3 is 0 Å². The zero-order chi connectivity index (χ0) is 11.4. The van der Waals surface area contributed by atoms with Crippen molar-refractivity contribution in [3.63, 3.8) is 0 Å². The van der Waals surface area contributed by atoms with E-state index in [4.69, 9.17) is 5.73 Å². The Labute approximate surface area is 98.4 Å². The van der Waals surface area contributed by atoms with Gasteiger partial charge in [0.05, 0.1) is 0 Å². The number of likely N-dealkylation sites (tertiary alicyclic amines) is 1. The topological polar surface area (TPSA) is 29.3 Å². The highest BCUT2D eigenvalue weighted by molar-refractivity contribution is 5.16. The van der Waals surface area contributed by atoms with Crippen LogP contribution in [0.15, 0.2) is 30.3 Å². The third-order valence-corrected chi connectivity index (χ3v) is 3.64. The lowest BCUT2D eigenvalue weighted by Crippen LogP contribution is -2.49. The van der Waals surface area contributed by atoms with E-state index >= 15 is 0 Å². The number of benzene rings is 1. The smallest absolute Gasteiger partial charge is 0.0247 e. The number of nitrogens with two attached hydrogens (primary N) is 1. The zero-order valence-electron chi connectivity index (χ0n) is 10.1. The van der Waals surface area contributed by atoms with Gasteiger partial charge in [-0.1, -0.05) is 36.8 Å². The first-order valence-electron chi connectivity index (χ1n) is 6.27. The molecule has 2 unspecified atom stereocenters. The van der Waals surface area contributed by atoms with E-state index in [0.717, 1.165) is 6.42 Å². The fourth-order valence-corrected chi connectivity index (χ4v) is 2.66. The summed E-state index contributed by atoms with van der Waals surface area (Å²) in [5.74, 6) is 0. The van der Waals surface area contributed by atoms with E-state index in [1.807, 2.05) is 0 Å². The van der Waals surface area contributed by atoms with Crippen LogP contribution < -0.4 is 5.73 Å². The van der Waals surface area contributed by atoms with Crippen molar-refractivity contribution in [2.24, 2.45) is 5.73 Å². The van der Waals surface area contributed by atoms with Crippen LogP contribution in [0.5, 0.6) is 0 Å². The quantitative estimate of drug-likeness (QED) is 0.841. The van der Waals surface area contributed by atoms with Gasteiger partial charge in [0.1, 0.15) is 0 Å². The summed E-state index contributed by atoms with van der Waals surface area (Å²) in [6.07, 6.45) is 4.91. The highest BCUT2D eigenvalue weighted by Crippen LogP contribution is 2.19. The Morgan fingerprint density at radius 3 is 2.75 bits per heavy atom. The molecule has 16 heavy (non-hydrogen) atoms. The molecule has 0 aromatic heterocycles. The minimum absolute atomic E-state index is 0.271. The minimum atomic E-state index is 0.271. The Bertz CT molecular complexity index is 310. The summed E-state index contributed by atoms with van der Waals surface area (Å²) in [5, 5.41) is 0. The fourth-order valence-electron chi connectivity index (χ4n) is 2.66. The maximum absolute atomic E-state index is 6.33. The molecule has 0 radical (unpaired) electrons. The fraction of sp³-hybridized carbons (Fsp3) is 0.571. The molecule has 1 aromatic carbocycles. The van der Waals surface area contributed by atoms with Gasteiger partial charge < -0.3 is 10.6 Å². The molecule has 1 saturated heterocycles. The number of nitrogens with zero attached hydrogens (tertiary/aromatic N) is 1. The molecule has 88 valence electrons. The summed E-state index contributed by atoms with van der Waals surface area (Å²) in [7, 11) is 2.20. The average Bonchev–Trinajstić information content (AvgIpc) is 2.31. The van der Waals surface area contributed by atoms with Gasteiger partial charge in [0.25, 0.3) is 0 Å². The summed E-state index contributed by atoms with van der Waals surface area (Å²) in [6.45, 7) is 1.20. The van der Waals surface area contributed by atoms with Crippen molar-refractivity contribution < 1.29 is 0 Å². The monoisotopic (exact) mass is 218 g/mol. The molecule has 2 heteroatoms. The van der Waals surface area contributed by atoms with E-state index in [1.165, 1.54) is 31.4 Å². The van der Waals surface area contributed by atoms with Crippen LogP contribution in [-0.4, -0.2) is 30.6 Å². The molecular weight excluding hydrogens is 196 g/mol. The molecule has 1 heterocycles. The van der Waals surface area contributed by atoms with Crippen molar-refractivity contribution in [1.82, 2.24) is 4.90 Å². The van der Waals surface area contributed by atoms with E-state index in [9.17, 15) is 0 Å². The minimum Gasteiger partial charge on any atom is -0.326 e. The SMILES string of the molecule is CN1CCCCC1C(N)Cc1ccccc1. The lowest BCUT2D eigenvalue weighted by molar-refractivity contribution is 0.159. The lowest BCUT2D eigenvalue weighted by Gasteiger charge is -2.36.